The van der Waals surface area contributed by atoms with Gasteiger partial charge in [-0.1, -0.05) is 60.7 Å². The van der Waals surface area contributed by atoms with Crippen LogP contribution in [0.1, 0.15) is 57.8 Å². The van der Waals surface area contributed by atoms with Crippen LogP contribution in [0.2, 0.25) is 0 Å². The first-order valence-electron chi connectivity index (χ1n) is 13.3. The van der Waals surface area contributed by atoms with Crippen LogP contribution in [0.25, 0.3) is 11.3 Å². The van der Waals surface area contributed by atoms with Crippen molar-refractivity contribution in [3.05, 3.63) is 131 Å². The van der Waals surface area contributed by atoms with Gasteiger partial charge in [-0.15, -0.1) is 11.3 Å². The van der Waals surface area contributed by atoms with Crippen molar-refractivity contribution in [2.45, 2.75) is 25.2 Å². The molecule has 1 atom stereocenters. The molecule has 2 heterocycles. The normalized spacial score (nSPS) is 20.3. The first-order chi connectivity index (χ1) is 19.5. The number of carbonyl (C=O) groups excluding carboxylic acids is 2. The summed E-state index contributed by atoms with van der Waals surface area (Å²) in [6.07, 6.45) is 4.03. The Morgan fingerprint density at radius 1 is 0.825 bits per heavy atom. The van der Waals surface area contributed by atoms with Gasteiger partial charge in [0, 0.05) is 46.4 Å². The van der Waals surface area contributed by atoms with Crippen LogP contribution >= 0.6 is 11.3 Å². The van der Waals surface area contributed by atoms with Gasteiger partial charge in [0.25, 0.3) is 5.91 Å². The smallest absolute Gasteiger partial charge is 0.255 e. The molecule has 0 saturated carbocycles. The zero-order valence-electron chi connectivity index (χ0n) is 21.8. The molecule has 0 saturated heterocycles. The van der Waals surface area contributed by atoms with Crippen molar-refractivity contribution in [1.82, 2.24) is 9.97 Å². The number of rotatable bonds is 5. The van der Waals surface area contributed by atoms with Crippen molar-refractivity contribution in [2.24, 2.45) is 5.41 Å². The van der Waals surface area contributed by atoms with Gasteiger partial charge in [0.2, 0.25) is 5.91 Å². The average Bonchev–Trinajstić information content (AvgIpc) is 3.46. The Bertz CT molecular complexity index is 1700. The van der Waals surface area contributed by atoms with Crippen LogP contribution in [0.3, 0.4) is 0 Å². The number of anilines is 2. The van der Waals surface area contributed by atoms with Crippen LogP contribution in [0.15, 0.2) is 103 Å². The van der Waals surface area contributed by atoms with Crippen LogP contribution in [0.5, 0.6) is 0 Å². The van der Waals surface area contributed by atoms with E-state index in [2.05, 4.69) is 71.1 Å². The first-order valence-corrected chi connectivity index (χ1v) is 14.2. The van der Waals surface area contributed by atoms with Gasteiger partial charge in [0.05, 0.1) is 11.1 Å². The summed E-state index contributed by atoms with van der Waals surface area (Å²) in [4.78, 5) is 35.2. The lowest BCUT2D eigenvalue weighted by Gasteiger charge is -2.50. The van der Waals surface area contributed by atoms with E-state index in [9.17, 15) is 9.59 Å². The average molecular weight is 543 g/mol. The van der Waals surface area contributed by atoms with Crippen molar-refractivity contribution in [3.8, 4) is 11.3 Å². The molecule has 40 heavy (non-hydrogen) atoms. The molecule has 0 aliphatic heterocycles. The summed E-state index contributed by atoms with van der Waals surface area (Å²) in [7, 11) is 0. The summed E-state index contributed by atoms with van der Waals surface area (Å²) in [5.41, 5.74) is 7.46. The van der Waals surface area contributed by atoms with Gasteiger partial charge in [-0.3, -0.25) is 14.6 Å². The van der Waals surface area contributed by atoms with E-state index in [1.807, 2.05) is 17.5 Å². The van der Waals surface area contributed by atoms with E-state index in [-0.39, 0.29) is 23.7 Å². The van der Waals surface area contributed by atoms with Gasteiger partial charge in [0.1, 0.15) is 0 Å². The largest absolute Gasteiger partial charge is 0.322 e. The molecule has 5 aromatic rings. The Morgan fingerprint density at radius 3 is 2.10 bits per heavy atom. The summed E-state index contributed by atoms with van der Waals surface area (Å²) in [6, 6.07) is 27.9. The molecule has 0 radical (unpaired) electrons. The Morgan fingerprint density at radius 2 is 1.45 bits per heavy atom. The van der Waals surface area contributed by atoms with E-state index in [4.69, 9.17) is 4.98 Å². The van der Waals surface area contributed by atoms with E-state index >= 15 is 0 Å². The molecule has 1 unspecified atom stereocenters. The van der Waals surface area contributed by atoms with Crippen LogP contribution < -0.4 is 10.6 Å². The lowest BCUT2D eigenvalue weighted by Crippen LogP contribution is -2.47. The third-order valence-electron chi connectivity index (χ3n) is 8.25. The minimum Gasteiger partial charge on any atom is -0.322 e. The summed E-state index contributed by atoms with van der Waals surface area (Å²) in [6.45, 7) is 2.09. The maximum Gasteiger partial charge on any atom is 0.255 e. The van der Waals surface area contributed by atoms with Crippen molar-refractivity contribution in [2.75, 3.05) is 10.6 Å². The minimum atomic E-state index is -0.594. The maximum absolute atomic E-state index is 13.9. The van der Waals surface area contributed by atoms with Gasteiger partial charge in [-0.05, 0) is 59.9 Å². The molecule has 2 N–H and O–H groups in total. The zero-order valence-corrected chi connectivity index (χ0v) is 22.6. The highest BCUT2D eigenvalue weighted by Crippen LogP contribution is 2.61. The summed E-state index contributed by atoms with van der Waals surface area (Å²) in [5, 5.41) is 8.51. The van der Waals surface area contributed by atoms with Crippen LogP contribution in [0, 0.1) is 5.41 Å². The second-order valence-electron chi connectivity index (χ2n) is 10.6. The molecule has 3 aromatic carbocycles. The number of amides is 2. The fraction of sp³-hybridized carbons (Fsp3) is 0.152. The number of nitrogens with zero attached hydrogens (tertiary/aromatic N) is 2. The molecule has 2 amide bonds. The number of nitrogens with one attached hydrogen (secondary N) is 2. The van der Waals surface area contributed by atoms with Crippen LogP contribution in [-0.2, 0) is 4.79 Å². The van der Waals surface area contributed by atoms with Gasteiger partial charge in [-0.2, -0.15) is 0 Å². The van der Waals surface area contributed by atoms with Gasteiger partial charge in [0.15, 0.2) is 5.13 Å². The third-order valence-corrected chi connectivity index (χ3v) is 9.01. The number of carbonyl (C=O) groups is 2. The third kappa shape index (κ3) is 4.01. The number of aromatic nitrogens is 2. The van der Waals surface area contributed by atoms with Crippen molar-refractivity contribution >= 4 is 34.0 Å². The van der Waals surface area contributed by atoms with Crippen molar-refractivity contribution in [1.29, 1.82) is 0 Å². The number of pyridine rings is 1. The predicted molar refractivity (Wildman–Crippen MR) is 158 cm³/mol. The summed E-state index contributed by atoms with van der Waals surface area (Å²) >= 11 is 1.41. The Balaban J connectivity index is 1.10. The van der Waals surface area contributed by atoms with E-state index < -0.39 is 5.41 Å². The predicted octanol–water partition coefficient (Wildman–Crippen LogP) is 7.08. The zero-order chi connectivity index (χ0) is 27.3. The fourth-order valence-corrected chi connectivity index (χ4v) is 7.04. The minimum absolute atomic E-state index is 0.00413. The highest BCUT2D eigenvalue weighted by atomic mass is 32.1. The van der Waals surface area contributed by atoms with Crippen LogP contribution in [0.4, 0.5) is 10.8 Å². The molecule has 0 spiro atoms. The van der Waals surface area contributed by atoms with E-state index in [1.165, 1.54) is 33.6 Å². The Labute approximate surface area is 236 Å². The number of benzene rings is 3. The standard InChI is InChI=1S/C33H26N4O2S/c1-33(18-27-23-6-2-4-8-25(23)29(33)26-9-5-3-7-24(26)27)31(39)37-32-36-28(19-40-32)20-10-12-21(13-11-20)30(38)35-22-14-16-34-17-15-22/h2-17,19,27,29H,18H2,1H3,(H,34,35,38)(H,36,37,39). The number of thiazole rings is 1. The van der Waals surface area contributed by atoms with E-state index in [0.29, 0.717) is 16.4 Å². The second kappa shape index (κ2) is 9.54. The van der Waals surface area contributed by atoms with Crippen molar-refractivity contribution < 1.29 is 9.59 Å². The number of hydrogen-bond acceptors (Lipinski definition) is 5. The molecule has 2 bridgehead atoms. The highest BCUT2D eigenvalue weighted by molar-refractivity contribution is 7.14. The first kappa shape index (κ1) is 24.4. The molecule has 2 aromatic heterocycles. The highest BCUT2D eigenvalue weighted by Gasteiger charge is 2.53. The fourth-order valence-electron chi connectivity index (χ4n) is 6.32. The van der Waals surface area contributed by atoms with Gasteiger partial charge in [-0.25, -0.2) is 4.98 Å². The van der Waals surface area contributed by atoms with Gasteiger partial charge < -0.3 is 10.6 Å². The molecule has 7 heteroatoms. The second-order valence-corrected chi connectivity index (χ2v) is 11.5. The topological polar surface area (TPSA) is 84.0 Å². The molecule has 3 aliphatic rings. The Hall–Kier alpha value is -4.62. The number of fused-ring (bicyclic) bond motifs is 1. The maximum atomic E-state index is 13.9. The Kier molecular flexibility index (Phi) is 5.82. The lowest BCUT2D eigenvalue weighted by atomic mass is 9.52. The molecular weight excluding hydrogens is 516 g/mol. The summed E-state index contributed by atoms with van der Waals surface area (Å²) < 4.78 is 0. The molecule has 3 aliphatic carbocycles. The lowest BCUT2D eigenvalue weighted by molar-refractivity contribution is -0.126. The molecule has 0 fully saturated rings. The summed E-state index contributed by atoms with van der Waals surface area (Å²) in [5.74, 6) is 0.00198. The van der Waals surface area contributed by atoms with E-state index in [0.717, 1.165) is 17.7 Å². The van der Waals surface area contributed by atoms with E-state index in [1.54, 1.807) is 36.7 Å². The van der Waals surface area contributed by atoms with Crippen molar-refractivity contribution in [3.63, 3.8) is 0 Å². The number of hydrogen-bond donors (Lipinski definition) is 2. The molecule has 196 valence electrons. The molecule has 6 nitrogen and oxygen atoms in total. The molecule has 8 rings (SSSR count). The monoisotopic (exact) mass is 542 g/mol. The molecular formula is C33H26N4O2S. The van der Waals surface area contributed by atoms with Gasteiger partial charge >= 0.3 is 0 Å². The SMILES string of the molecule is CC1(C(=O)Nc2nc(-c3ccc(C(=O)Nc4ccncc4)cc3)cs2)CC2c3ccccc3C1c1ccccc12. The van der Waals surface area contributed by atoms with Crippen LogP contribution in [-0.4, -0.2) is 21.8 Å². The quantitative estimate of drug-likeness (QED) is 0.249.